The summed E-state index contributed by atoms with van der Waals surface area (Å²) < 4.78 is 51.9. The molecule has 0 aliphatic heterocycles. The molecule has 0 heterocycles. The normalized spacial score (nSPS) is 12.4. The summed E-state index contributed by atoms with van der Waals surface area (Å²) >= 11 is 0. The van der Waals surface area contributed by atoms with E-state index in [0.29, 0.717) is 0 Å². The second-order valence-corrected chi connectivity index (χ2v) is 4.87. The Kier molecular flexibility index (Phi) is 6.96. The van der Waals surface area contributed by atoms with Crippen molar-refractivity contribution in [3.05, 3.63) is 35.4 Å². The second kappa shape index (κ2) is 8.50. The van der Waals surface area contributed by atoms with E-state index in [1.165, 1.54) is 6.92 Å². The Hall–Kier alpha value is -2.58. The SMILES string of the molecule is CCOC(=O)C(c1ccc(C(F)(F)F)cc1)C(C(=O)OC)C(=O)OC. The van der Waals surface area contributed by atoms with Crippen LogP contribution in [-0.4, -0.2) is 38.7 Å². The van der Waals surface area contributed by atoms with Gasteiger partial charge in [0.25, 0.3) is 0 Å². The summed E-state index contributed by atoms with van der Waals surface area (Å²) in [6.07, 6.45) is -4.57. The van der Waals surface area contributed by atoms with E-state index in [-0.39, 0.29) is 12.2 Å². The lowest BCUT2D eigenvalue weighted by Crippen LogP contribution is -2.37. The van der Waals surface area contributed by atoms with Crippen molar-refractivity contribution in [3.8, 4) is 0 Å². The maximum atomic E-state index is 12.7. The van der Waals surface area contributed by atoms with Gasteiger partial charge in [-0.1, -0.05) is 12.1 Å². The quantitative estimate of drug-likeness (QED) is 0.439. The molecule has 25 heavy (non-hydrogen) atoms. The molecule has 1 atom stereocenters. The van der Waals surface area contributed by atoms with E-state index in [2.05, 4.69) is 9.47 Å². The van der Waals surface area contributed by atoms with Gasteiger partial charge in [0.2, 0.25) is 0 Å². The van der Waals surface area contributed by atoms with Gasteiger partial charge in [-0.15, -0.1) is 0 Å². The molecule has 0 amide bonds. The lowest BCUT2D eigenvalue weighted by atomic mass is 9.85. The van der Waals surface area contributed by atoms with Gasteiger partial charge in [0.1, 0.15) is 5.92 Å². The number of benzene rings is 1. The van der Waals surface area contributed by atoms with Crippen LogP contribution >= 0.6 is 0 Å². The summed E-state index contributed by atoms with van der Waals surface area (Å²) in [5.41, 5.74) is -0.946. The van der Waals surface area contributed by atoms with Crippen LogP contribution < -0.4 is 0 Å². The average molecular weight is 362 g/mol. The first-order chi connectivity index (χ1) is 11.7. The molecular weight excluding hydrogens is 345 g/mol. The Morgan fingerprint density at radius 1 is 0.960 bits per heavy atom. The minimum atomic E-state index is -4.57. The van der Waals surface area contributed by atoms with E-state index in [4.69, 9.17) is 4.74 Å². The highest BCUT2D eigenvalue weighted by atomic mass is 19.4. The third-order valence-electron chi connectivity index (χ3n) is 3.38. The molecule has 0 aliphatic carbocycles. The van der Waals surface area contributed by atoms with E-state index >= 15 is 0 Å². The number of methoxy groups -OCH3 is 2. The molecule has 0 radical (unpaired) electrons. The van der Waals surface area contributed by atoms with Crippen molar-refractivity contribution >= 4 is 17.9 Å². The highest BCUT2D eigenvalue weighted by molar-refractivity contribution is 6.01. The van der Waals surface area contributed by atoms with Gasteiger partial charge in [0.15, 0.2) is 5.92 Å². The van der Waals surface area contributed by atoms with Gasteiger partial charge in [-0.05, 0) is 24.6 Å². The van der Waals surface area contributed by atoms with Crippen molar-refractivity contribution in [1.82, 2.24) is 0 Å². The van der Waals surface area contributed by atoms with Crippen molar-refractivity contribution in [3.63, 3.8) is 0 Å². The van der Waals surface area contributed by atoms with E-state index in [1.54, 1.807) is 0 Å². The summed E-state index contributed by atoms with van der Waals surface area (Å²) in [5.74, 6) is -6.29. The molecular formula is C16H17F3O6. The molecule has 0 saturated carbocycles. The second-order valence-electron chi connectivity index (χ2n) is 4.87. The number of carbonyl (C=O) groups excluding carboxylic acids is 3. The molecule has 9 heteroatoms. The van der Waals surface area contributed by atoms with Crippen molar-refractivity contribution in [1.29, 1.82) is 0 Å². The van der Waals surface area contributed by atoms with Crippen molar-refractivity contribution in [2.75, 3.05) is 20.8 Å². The first kappa shape index (κ1) is 20.5. The zero-order chi connectivity index (χ0) is 19.2. The zero-order valence-electron chi connectivity index (χ0n) is 13.8. The Labute approximate surface area is 141 Å². The fourth-order valence-electron chi connectivity index (χ4n) is 2.20. The number of alkyl halides is 3. The number of hydrogen-bond donors (Lipinski definition) is 0. The highest BCUT2D eigenvalue weighted by Crippen LogP contribution is 2.33. The summed E-state index contributed by atoms with van der Waals surface area (Å²) in [6.45, 7) is 1.46. The third-order valence-corrected chi connectivity index (χ3v) is 3.38. The van der Waals surface area contributed by atoms with Gasteiger partial charge < -0.3 is 14.2 Å². The van der Waals surface area contributed by atoms with Crippen LogP contribution in [0.4, 0.5) is 13.2 Å². The molecule has 6 nitrogen and oxygen atoms in total. The zero-order valence-corrected chi connectivity index (χ0v) is 13.8. The molecule has 1 aromatic rings. The van der Waals surface area contributed by atoms with Crippen LogP contribution in [0.3, 0.4) is 0 Å². The number of carbonyl (C=O) groups is 3. The van der Waals surface area contributed by atoms with Crippen molar-refractivity contribution in [2.24, 2.45) is 5.92 Å². The molecule has 0 aliphatic rings. The standard InChI is InChI=1S/C16H17F3O6/c1-4-25-15(22)11(12(13(20)23-2)14(21)24-3)9-5-7-10(8-6-9)16(17,18)19/h5-8,11-12H,4H2,1-3H3. The first-order valence-corrected chi connectivity index (χ1v) is 7.16. The fraction of sp³-hybridized carbons (Fsp3) is 0.438. The Morgan fingerprint density at radius 2 is 1.44 bits per heavy atom. The summed E-state index contributed by atoms with van der Waals surface area (Å²) in [5, 5.41) is 0. The van der Waals surface area contributed by atoms with Crippen LogP contribution in [0.2, 0.25) is 0 Å². The maximum absolute atomic E-state index is 12.7. The Balaban J connectivity index is 3.39. The largest absolute Gasteiger partial charge is 0.468 e. The minimum absolute atomic E-state index is 0.00718. The molecule has 0 N–H and O–H groups in total. The first-order valence-electron chi connectivity index (χ1n) is 7.16. The molecule has 0 bridgehead atoms. The smallest absolute Gasteiger partial charge is 0.416 e. The number of esters is 3. The van der Waals surface area contributed by atoms with Crippen molar-refractivity contribution in [2.45, 2.75) is 19.0 Å². The van der Waals surface area contributed by atoms with Gasteiger partial charge in [-0.2, -0.15) is 13.2 Å². The third kappa shape index (κ3) is 4.94. The molecule has 0 fully saturated rings. The molecule has 1 aromatic carbocycles. The predicted octanol–water partition coefficient (Wildman–Crippen LogP) is 2.31. The Morgan fingerprint density at radius 3 is 1.80 bits per heavy atom. The Bertz CT molecular complexity index is 608. The van der Waals surface area contributed by atoms with Crippen LogP contribution in [-0.2, 0) is 34.8 Å². The summed E-state index contributed by atoms with van der Waals surface area (Å²) in [7, 11) is 2.01. The number of ether oxygens (including phenoxy) is 3. The predicted molar refractivity (Wildman–Crippen MR) is 78.3 cm³/mol. The van der Waals surface area contributed by atoms with Crippen molar-refractivity contribution < 1.29 is 41.8 Å². The number of hydrogen-bond acceptors (Lipinski definition) is 6. The van der Waals surface area contributed by atoms with Gasteiger partial charge in [0, 0.05) is 0 Å². The van der Waals surface area contributed by atoms with Gasteiger partial charge in [-0.25, -0.2) is 0 Å². The van der Waals surface area contributed by atoms with Crippen LogP contribution in [0.5, 0.6) is 0 Å². The molecule has 1 rings (SSSR count). The summed E-state index contributed by atoms with van der Waals surface area (Å²) in [4.78, 5) is 36.2. The number of rotatable bonds is 6. The van der Waals surface area contributed by atoms with E-state index in [0.717, 1.165) is 38.5 Å². The molecule has 1 unspecified atom stereocenters. The molecule has 138 valence electrons. The maximum Gasteiger partial charge on any atom is 0.416 e. The van der Waals surface area contributed by atoms with Crippen LogP contribution in [0.15, 0.2) is 24.3 Å². The molecule has 0 spiro atoms. The molecule has 0 saturated heterocycles. The van der Waals surface area contributed by atoms with E-state index < -0.39 is 41.5 Å². The summed E-state index contributed by atoms with van der Waals surface area (Å²) in [6, 6.07) is 3.49. The average Bonchev–Trinajstić information content (AvgIpc) is 2.57. The van der Waals surface area contributed by atoms with Crippen LogP contribution in [0, 0.1) is 5.92 Å². The topological polar surface area (TPSA) is 78.9 Å². The van der Waals surface area contributed by atoms with Crippen LogP contribution in [0.25, 0.3) is 0 Å². The molecule has 0 aromatic heterocycles. The van der Waals surface area contributed by atoms with Gasteiger partial charge in [0.05, 0.1) is 26.4 Å². The lowest BCUT2D eigenvalue weighted by molar-refractivity contribution is -0.166. The van der Waals surface area contributed by atoms with E-state index in [1.807, 2.05) is 0 Å². The number of halogens is 3. The van der Waals surface area contributed by atoms with Gasteiger partial charge in [-0.3, -0.25) is 14.4 Å². The van der Waals surface area contributed by atoms with E-state index in [9.17, 15) is 27.6 Å². The minimum Gasteiger partial charge on any atom is -0.468 e. The monoisotopic (exact) mass is 362 g/mol. The van der Waals surface area contributed by atoms with Crippen LogP contribution in [0.1, 0.15) is 24.0 Å². The fourth-order valence-corrected chi connectivity index (χ4v) is 2.20. The lowest BCUT2D eigenvalue weighted by Gasteiger charge is -2.22. The van der Waals surface area contributed by atoms with Gasteiger partial charge >= 0.3 is 24.1 Å². The highest BCUT2D eigenvalue weighted by Gasteiger charge is 2.43.